The van der Waals surface area contributed by atoms with Crippen LogP contribution in [0.5, 0.6) is 0 Å². The zero-order valence-electron chi connectivity index (χ0n) is 9.34. The second-order valence-electron chi connectivity index (χ2n) is 4.36. The molecule has 0 amide bonds. The molecular formula is C13H10FNO2S. The van der Waals surface area contributed by atoms with Crippen LogP contribution in [-0.4, -0.2) is 16.1 Å². The van der Waals surface area contributed by atoms with Crippen molar-refractivity contribution in [2.24, 2.45) is 5.92 Å². The first-order valence-corrected chi connectivity index (χ1v) is 6.47. The number of carboxylic acids is 1. The van der Waals surface area contributed by atoms with Crippen LogP contribution in [-0.2, 0) is 4.79 Å². The van der Waals surface area contributed by atoms with Crippen LogP contribution >= 0.6 is 11.3 Å². The van der Waals surface area contributed by atoms with Gasteiger partial charge in [-0.1, -0.05) is 0 Å². The predicted molar refractivity (Wildman–Crippen MR) is 66.0 cm³/mol. The first kappa shape index (κ1) is 11.3. The predicted octanol–water partition coefficient (Wildman–Crippen LogP) is 3.14. The number of carboxylic acid groups (broad SMARTS) is 1. The maximum absolute atomic E-state index is 12.8. The monoisotopic (exact) mass is 263 g/mol. The Labute approximate surface area is 107 Å². The average molecular weight is 263 g/mol. The number of hydrogen-bond acceptors (Lipinski definition) is 3. The number of hydrogen-bond donors (Lipinski definition) is 1. The van der Waals surface area contributed by atoms with Gasteiger partial charge >= 0.3 is 5.97 Å². The normalized spacial score (nSPS) is 21.8. The van der Waals surface area contributed by atoms with Gasteiger partial charge in [0.2, 0.25) is 0 Å². The molecule has 0 bridgehead atoms. The third kappa shape index (κ3) is 2.01. The van der Waals surface area contributed by atoms with Gasteiger partial charge in [0.15, 0.2) is 0 Å². The molecule has 3 rings (SSSR count). The highest BCUT2D eigenvalue weighted by atomic mass is 32.1. The number of thiazole rings is 1. The summed E-state index contributed by atoms with van der Waals surface area (Å²) in [6, 6.07) is 6.14. The Hall–Kier alpha value is -1.75. The van der Waals surface area contributed by atoms with Crippen molar-refractivity contribution in [1.82, 2.24) is 4.98 Å². The van der Waals surface area contributed by atoms with Crippen molar-refractivity contribution in [1.29, 1.82) is 0 Å². The van der Waals surface area contributed by atoms with E-state index in [2.05, 4.69) is 4.98 Å². The summed E-state index contributed by atoms with van der Waals surface area (Å²) in [4.78, 5) is 15.2. The summed E-state index contributed by atoms with van der Waals surface area (Å²) in [6.45, 7) is 0. The highest BCUT2D eigenvalue weighted by molar-refractivity contribution is 7.10. The van der Waals surface area contributed by atoms with Gasteiger partial charge in [-0.3, -0.25) is 4.79 Å². The van der Waals surface area contributed by atoms with E-state index in [0.29, 0.717) is 6.42 Å². The van der Waals surface area contributed by atoms with E-state index in [1.54, 1.807) is 12.1 Å². The summed E-state index contributed by atoms with van der Waals surface area (Å²) in [6.07, 6.45) is 0.672. The van der Waals surface area contributed by atoms with Crippen LogP contribution in [0.15, 0.2) is 29.6 Å². The van der Waals surface area contributed by atoms with Crippen molar-refractivity contribution in [2.45, 2.75) is 12.3 Å². The fraction of sp³-hybridized carbons (Fsp3) is 0.231. The Balaban J connectivity index is 1.82. The standard InChI is InChI=1S/C13H10FNO2S/c14-8-3-1-7(2-4-8)11-6-18-12(15-11)9-5-10(9)13(16)17/h1-4,6,9-10H,5H2,(H,16,17). The van der Waals surface area contributed by atoms with Gasteiger partial charge in [0.05, 0.1) is 16.6 Å². The Morgan fingerprint density at radius 1 is 1.39 bits per heavy atom. The lowest BCUT2D eigenvalue weighted by Crippen LogP contribution is -1.98. The van der Waals surface area contributed by atoms with Crippen LogP contribution in [0.4, 0.5) is 4.39 Å². The Morgan fingerprint density at radius 2 is 2.11 bits per heavy atom. The average Bonchev–Trinajstić information content (AvgIpc) is 3.02. The Bertz CT molecular complexity index is 593. The number of aliphatic carboxylic acids is 1. The number of carbonyl (C=O) groups is 1. The molecule has 1 N–H and O–H groups in total. The van der Waals surface area contributed by atoms with Gasteiger partial charge in [-0.25, -0.2) is 9.37 Å². The summed E-state index contributed by atoms with van der Waals surface area (Å²) in [7, 11) is 0. The lowest BCUT2D eigenvalue weighted by atomic mass is 10.2. The molecular weight excluding hydrogens is 253 g/mol. The first-order valence-electron chi connectivity index (χ1n) is 5.59. The summed E-state index contributed by atoms with van der Waals surface area (Å²) < 4.78 is 12.8. The molecule has 0 aliphatic heterocycles. The molecule has 2 unspecified atom stereocenters. The van der Waals surface area contributed by atoms with Crippen molar-refractivity contribution in [2.75, 3.05) is 0 Å². The van der Waals surface area contributed by atoms with Crippen LogP contribution in [0.3, 0.4) is 0 Å². The van der Waals surface area contributed by atoms with Gasteiger partial charge in [-0.05, 0) is 30.7 Å². The van der Waals surface area contributed by atoms with Crippen molar-refractivity contribution < 1.29 is 14.3 Å². The smallest absolute Gasteiger partial charge is 0.307 e. The molecule has 1 aromatic carbocycles. The van der Waals surface area contributed by atoms with Crippen molar-refractivity contribution in [3.05, 3.63) is 40.5 Å². The number of rotatable bonds is 3. The molecule has 18 heavy (non-hydrogen) atoms. The molecule has 3 nitrogen and oxygen atoms in total. The Morgan fingerprint density at radius 3 is 2.72 bits per heavy atom. The van der Waals surface area contributed by atoms with Gasteiger partial charge in [0.1, 0.15) is 5.82 Å². The molecule has 1 aromatic heterocycles. The molecule has 1 heterocycles. The summed E-state index contributed by atoms with van der Waals surface area (Å²) in [5.74, 6) is -1.25. The highest BCUT2D eigenvalue weighted by Crippen LogP contribution is 2.49. The zero-order valence-corrected chi connectivity index (χ0v) is 10.2. The van der Waals surface area contributed by atoms with Gasteiger partial charge in [-0.2, -0.15) is 0 Å². The van der Waals surface area contributed by atoms with E-state index < -0.39 is 5.97 Å². The topological polar surface area (TPSA) is 50.2 Å². The number of nitrogens with zero attached hydrogens (tertiary/aromatic N) is 1. The van der Waals surface area contributed by atoms with E-state index >= 15 is 0 Å². The van der Waals surface area contributed by atoms with E-state index in [4.69, 9.17) is 5.11 Å². The second-order valence-corrected chi connectivity index (χ2v) is 5.25. The van der Waals surface area contributed by atoms with Crippen LogP contribution < -0.4 is 0 Å². The molecule has 2 atom stereocenters. The van der Waals surface area contributed by atoms with E-state index in [0.717, 1.165) is 16.3 Å². The summed E-state index contributed by atoms with van der Waals surface area (Å²) >= 11 is 1.47. The van der Waals surface area contributed by atoms with Crippen molar-refractivity contribution in [3.63, 3.8) is 0 Å². The van der Waals surface area contributed by atoms with E-state index in [1.807, 2.05) is 5.38 Å². The second kappa shape index (κ2) is 4.17. The van der Waals surface area contributed by atoms with Crippen LogP contribution in [0, 0.1) is 11.7 Å². The maximum Gasteiger partial charge on any atom is 0.307 e. The third-order valence-corrected chi connectivity index (χ3v) is 4.06. The number of aromatic nitrogens is 1. The number of halogens is 1. The van der Waals surface area contributed by atoms with Gasteiger partial charge in [0, 0.05) is 16.9 Å². The van der Waals surface area contributed by atoms with Crippen LogP contribution in [0.1, 0.15) is 17.3 Å². The van der Waals surface area contributed by atoms with Gasteiger partial charge in [0.25, 0.3) is 0 Å². The number of benzene rings is 1. The molecule has 0 spiro atoms. The van der Waals surface area contributed by atoms with Gasteiger partial charge < -0.3 is 5.11 Å². The molecule has 1 aliphatic rings. The van der Waals surface area contributed by atoms with Crippen LogP contribution in [0.25, 0.3) is 11.3 Å². The first-order chi connectivity index (χ1) is 8.65. The molecule has 1 saturated carbocycles. The molecule has 92 valence electrons. The van der Waals surface area contributed by atoms with E-state index in [1.165, 1.54) is 23.5 Å². The molecule has 0 radical (unpaired) electrons. The van der Waals surface area contributed by atoms with Crippen molar-refractivity contribution in [3.8, 4) is 11.3 Å². The molecule has 5 heteroatoms. The molecule has 0 saturated heterocycles. The van der Waals surface area contributed by atoms with E-state index in [-0.39, 0.29) is 17.7 Å². The quantitative estimate of drug-likeness (QED) is 0.925. The SMILES string of the molecule is O=C(O)C1CC1c1nc(-c2ccc(F)cc2)cs1. The Kier molecular flexibility index (Phi) is 2.63. The molecule has 1 aliphatic carbocycles. The zero-order chi connectivity index (χ0) is 12.7. The lowest BCUT2D eigenvalue weighted by Gasteiger charge is -1.95. The van der Waals surface area contributed by atoms with Crippen molar-refractivity contribution >= 4 is 17.3 Å². The highest BCUT2D eigenvalue weighted by Gasteiger charge is 2.46. The lowest BCUT2D eigenvalue weighted by molar-refractivity contribution is -0.138. The maximum atomic E-state index is 12.8. The molecule has 1 fully saturated rings. The minimum absolute atomic E-state index is 0.0571. The minimum Gasteiger partial charge on any atom is -0.481 e. The largest absolute Gasteiger partial charge is 0.481 e. The van der Waals surface area contributed by atoms with Gasteiger partial charge in [-0.15, -0.1) is 11.3 Å². The summed E-state index contributed by atoms with van der Waals surface area (Å²) in [5, 5.41) is 11.6. The fourth-order valence-corrected chi connectivity index (χ4v) is 2.96. The van der Waals surface area contributed by atoms with E-state index in [9.17, 15) is 9.18 Å². The fourth-order valence-electron chi connectivity index (χ4n) is 1.95. The molecule has 2 aromatic rings. The van der Waals surface area contributed by atoms with Crippen LogP contribution in [0.2, 0.25) is 0 Å². The minimum atomic E-state index is -0.751. The summed E-state index contributed by atoms with van der Waals surface area (Å²) in [5.41, 5.74) is 1.64. The third-order valence-electron chi connectivity index (χ3n) is 3.09.